The monoisotopic (exact) mass is 490 g/mol. The van der Waals surface area contributed by atoms with Crippen molar-refractivity contribution in [2.24, 2.45) is 4.99 Å². The summed E-state index contributed by atoms with van der Waals surface area (Å²) in [7, 11) is 1.84. The number of ether oxygens (including phenoxy) is 1. The smallest absolute Gasteiger partial charge is 0.193 e. The molecule has 3 rings (SSSR count). The lowest BCUT2D eigenvalue weighted by Crippen LogP contribution is -2.45. The number of benzene rings is 1. The van der Waals surface area contributed by atoms with E-state index in [0.717, 1.165) is 37.9 Å². The number of hydrogen-bond donors (Lipinski definition) is 1. The molecular formula is C19H28ClIN4O. The average Bonchev–Trinajstić information content (AvgIpc) is 3.27. The lowest BCUT2D eigenvalue weighted by molar-refractivity contribution is 0.222. The van der Waals surface area contributed by atoms with Crippen LogP contribution in [-0.4, -0.2) is 67.7 Å². The summed E-state index contributed by atoms with van der Waals surface area (Å²) in [6.07, 6.45) is 5.72. The van der Waals surface area contributed by atoms with E-state index in [9.17, 15) is 0 Å². The molecule has 0 aliphatic carbocycles. The van der Waals surface area contributed by atoms with Crippen LogP contribution in [0.4, 0.5) is 0 Å². The molecule has 2 heterocycles. The molecule has 7 heteroatoms. The van der Waals surface area contributed by atoms with Crippen molar-refractivity contribution in [1.82, 2.24) is 15.1 Å². The van der Waals surface area contributed by atoms with Gasteiger partial charge in [0.1, 0.15) is 11.9 Å². The molecular weight excluding hydrogens is 463 g/mol. The van der Waals surface area contributed by atoms with Gasteiger partial charge in [0.15, 0.2) is 5.96 Å². The molecule has 2 aliphatic heterocycles. The van der Waals surface area contributed by atoms with Crippen LogP contribution in [0.5, 0.6) is 5.75 Å². The van der Waals surface area contributed by atoms with Gasteiger partial charge < -0.3 is 15.0 Å². The molecule has 2 aliphatic rings. The van der Waals surface area contributed by atoms with Crippen molar-refractivity contribution >= 4 is 41.5 Å². The molecule has 2 unspecified atom stereocenters. The normalized spacial score (nSPS) is 21.6. The Hall–Kier alpha value is -0.990. The van der Waals surface area contributed by atoms with Gasteiger partial charge in [-0.1, -0.05) is 29.8 Å². The minimum Gasteiger partial charge on any atom is -0.489 e. The summed E-state index contributed by atoms with van der Waals surface area (Å²) in [6, 6.07) is 8.12. The molecule has 0 amide bonds. The first-order valence-corrected chi connectivity index (χ1v) is 9.30. The lowest BCUT2D eigenvalue weighted by Gasteiger charge is -2.26. The molecule has 1 N–H and O–H groups in total. The zero-order valence-electron chi connectivity index (χ0n) is 15.4. The van der Waals surface area contributed by atoms with Crippen molar-refractivity contribution in [2.45, 2.75) is 25.5 Å². The maximum atomic E-state index is 6.00. The third kappa shape index (κ3) is 5.76. The van der Waals surface area contributed by atoms with E-state index in [1.54, 1.807) is 0 Å². The number of guanidine groups is 1. The SMILES string of the molecule is CN=C(NCC(C)Oc1cccc(Cl)c1)N1CCC(N2CC=CC2)C1.I. The summed E-state index contributed by atoms with van der Waals surface area (Å²) < 4.78 is 5.92. The van der Waals surface area contributed by atoms with E-state index in [2.05, 4.69) is 32.3 Å². The highest BCUT2D eigenvalue weighted by molar-refractivity contribution is 14.0. The topological polar surface area (TPSA) is 40.1 Å². The van der Waals surface area contributed by atoms with Gasteiger partial charge in [-0.3, -0.25) is 9.89 Å². The van der Waals surface area contributed by atoms with Crippen molar-refractivity contribution in [3.05, 3.63) is 41.4 Å². The lowest BCUT2D eigenvalue weighted by atomic mass is 10.2. The summed E-state index contributed by atoms with van der Waals surface area (Å²) >= 11 is 6.00. The summed E-state index contributed by atoms with van der Waals surface area (Å²) in [5.74, 6) is 1.75. The maximum absolute atomic E-state index is 6.00. The van der Waals surface area contributed by atoms with Gasteiger partial charge in [-0.2, -0.15) is 0 Å². The molecule has 1 fully saturated rings. The third-order valence-electron chi connectivity index (χ3n) is 4.72. The van der Waals surface area contributed by atoms with Crippen LogP contribution in [0.2, 0.25) is 5.02 Å². The molecule has 2 atom stereocenters. The van der Waals surface area contributed by atoms with Crippen LogP contribution in [0, 0.1) is 0 Å². The number of nitrogens with one attached hydrogen (secondary N) is 1. The summed E-state index contributed by atoms with van der Waals surface area (Å²) in [4.78, 5) is 9.31. The predicted octanol–water partition coefficient (Wildman–Crippen LogP) is 3.25. The largest absolute Gasteiger partial charge is 0.489 e. The average molecular weight is 491 g/mol. The minimum atomic E-state index is 0. The van der Waals surface area contributed by atoms with Gasteiger partial charge in [0.05, 0.1) is 6.54 Å². The molecule has 26 heavy (non-hydrogen) atoms. The summed E-state index contributed by atoms with van der Waals surface area (Å²) in [5, 5.41) is 4.13. The second-order valence-electron chi connectivity index (χ2n) is 6.63. The van der Waals surface area contributed by atoms with E-state index in [1.807, 2.05) is 38.2 Å². The van der Waals surface area contributed by atoms with Gasteiger partial charge in [0.2, 0.25) is 0 Å². The van der Waals surface area contributed by atoms with Crippen LogP contribution in [0.3, 0.4) is 0 Å². The second kappa shape index (κ2) is 10.4. The predicted molar refractivity (Wildman–Crippen MR) is 119 cm³/mol. The Morgan fingerprint density at radius 2 is 2.15 bits per heavy atom. The van der Waals surface area contributed by atoms with E-state index >= 15 is 0 Å². The first-order valence-electron chi connectivity index (χ1n) is 8.92. The fourth-order valence-electron chi connectivity index (χ4n) is 3.41. The zero-order chi connectivity index (χ0) is 17.6. The Labute approximate surface area is 178 Å². The van der Waals surface area contributed by atoms with Gasteiger partial charge in [-0.05, 0) is 31.5 Å². The first kappa shape index (κ1) is 21.3. The number of halogens is 2. The van der Waals surface area contributed by atoms with Gasteiger partial charge in [0.25, 0.3) is 0 Å². The van der Waals surface area contributed by atoms with Gasteiger partial charge in [-0.15, -0.1) is 24.0 Å². The fourth-order valence-corrected chi connectivity index (χ4v) is 3.59. The van der Waals surface area contributed by atoms with E-state index in [1.165, 1.54) is 6.42 Å². The van der Waals surface area contributed by atoms with Crippen molar-refractivity contribution < 1.29 is 4.74 Å². The molecule has 1 saturated heterocycles. The van der Waals surface area contributed by atoms with Crippen molar-refractivity contribution in [1.29, 1.82) is 0 Å². The van der Waals surface area contributed by atoms with Crippen molar-refractivity contribution in [3.8, 4) is 5.75 Å². The number of aliphatic imine (C=N–C) groups is 1. The van der Waals surface area contributed by atoms with Crippen molar-refractivity contribution in [3.63, 3.8) is 0 Å². The number of hydrogen-bond acceptors (Lipinski definition) is 3. The molecule has 5 nitrogen and oxygen atoms in total. The highest BCUT2D eigenvalue weighted by atomic mass is 127. The number of nitrogens with zero attached hydrogens (tertiary/aromatic N) is 3. The van der Waals surface area contributed by atoms with Crippen LogP contribution in [0.25, 0.3) is 0 Å². The van der Waals surface area contributed by atoms with Crippen LogP contribution < -0.4 is 10.1 Å². The van der Waals surface area contributed by atoms with Crippen LogP contribution >= 0.6 is 35.6 Å². The molecule has 0 spiro atoms. The number of likely N-dealkylation sites (tertiary alicyclic amines) is 1. The molecule has 0 bridgehead atoms. The number of rotatable bonds is 5. The standard InChI is InChI=1S/C19H27ClN4O.HI/c1-15(25-18-7-5-6-16(20)12-18)13-22-19(21-2)24-11-8-17(14-24)23-9-3-4-10-23;/h3-7,12,15,17H,8-11,13-14H2,1-2H3,(H,21,22);1H. The fraction of sp³-hybridized carbons (Fsp3) is 0.526. The van der Waals surface area contributed by atoms with E-state index in [0.29, 0.717) is 17.6 Å². The zero-order valence-corrected chi connectivity index (χ0v) is 18.5. The van der Waals surface area contributed by atoms with Crippen molar-refractivity contribution in [2.75, 3.05) is 39.8 Å². The van der Waals surface area contributed by atoms with Gasteiger partial charge >= 0.3 is 0 Å². The molecule has 0 aromatic heterocycles. The quantitative estimate of drug-likeness (QED) is 0.298. The Morgan fingerprint density at radius 3 is 2.85 bits per heavy atom. The van der Waals surface area contributed by atoms with E-state index in [-0.39, 0.29) is 30.1 Å². The Morgan fingerprint density at radius 1 is 1.38 bits per heavy atom. The van der Waals surface area contributed by atoms with Crippen LogP contribution in [-0.2, 0) is 0 Å². The van der Waals surface area contributed by atoms with E-state index in [4.69, 9.17) is 16.3 Å². The molecule has 0 radical (unpaired) electrons. The third-order valence-corrected chi connectivity index (χ3v) is 4.95. The minimum absolute atomic E-state index is 0. The van der Waals surface area contributed by atoms with Gasteiger partial charge in [0, 0.05) is 44.3 Å². The molecule has 0 saturated carbocycles. The van der Waals surface area contributed by atoms with Crippen LogP contribution in [0.1, 0.15) is 13.3 Å². The van der Waals surface area contributed by atoms with E-state index < -0.39 is 0 Å². The Kier molecular flexibility index (Phi) is 8.50. The Bertz CT molecular complexity index is 632. The Balaban J connectivity index is 0.00000243. The second-order valence-corrected chi connectivity index (χ2v) is 7.06. The summed E-state index contributed by atoms with van der Waals surface area (Å²) in [5.41, 5.74) is 0. The molecule has 1 aromatic carbocycles. The van der Waals surface area contributed by atoms with Crippen LogP contribution in [0.15, 0.2) is 41.4 Å². The highest BCUT2D eigenvalue weighted by Gasteiger charge is 2.29. The highest BCUT2D eigenvalue weighted by Crippen LogP contribution is 2.19. The first-order chi connectivity index (χ1) is 12.2. The molecule has 1 aromatic rings. The van der Waals surface area contributed by atoms with Gasteiger partial charge in [-0.25, -0.2) is 0 Å². The molecule has 144 valence electrons. The maximum Gasteiger partial charge on any atom is 0.193 e. The summed E-state index contributed by atoms with van der Waals surface area (Å²) in [6.45, 7) is 6.98.